The summed E-state index contributed by atoms with van der Waals surface area (Å²) in [6.45, 7) is -0.798. The zero-order valence-electron chi connectivity index (χ0n) is 34.5. The van der Waals surface area contributed by atoms with Gasteiger partial charge < -0.3 is 78.1 Å². The lowest BCUT2D eigenvalue weighted by Gasteiger charge is -2.30. The lowest BCUT2D eigenvalue weighted by molar-refractivity contribution is -0.149. The number of Topliss-reactive ketones (excluding diaryl/α,β-unsaturated/α-hetero) is 2. The summed E-state index contributed by atoms with van der Waals surface area (Å²) in [5.74, 6) is -11.3. The van der Waals surface area contributed by atoms with Crippen molar-refractivity contribution in [2.45, 2.75) is 100 Å². The first kappa shape index (κ1) is 52.8. The molecule has 0 saturated heterocycles. The number of fused-ring (bicyclic) bond motifs is 1. The SMILES string of the molecule is CCC(=O)[C@@H](NC(=O)C[C@H](NC(=O)[C@@H](CC(=O)CC[C@H](NC(=O)c1ccc(NCc2cnc3nc(N)[nH]c(=O)c3n2)cc1)C(=O)O)[C@@H](O)[C@H](O)[C@H](O)CO)C(=O)O)[C@@H](O)[C@H](O)[C@H](O)CO. The minimum Gasteiger partial charge on any atom is -0.480 e. The van der Waals surface area contributed by atoms with E-state index in [2.05, 4.69) is 30.6 Å². The molecule has 17 N–H and O–H groups in total. The van der Waals surface area contributed by atoms with Crippen LogP contribution in [0.3, 0.4) is 0 Å². The van der Waals surface area contributed by atoms with Crippen molar-refractivity contribution in [3.05, 3.63) is 52.1 Å². The summed E-state index contributed by atoms with van der Waals surface area (Å²) in [5.41, 5.74) is 5.76. The van der Waals surface area contributed by atoms with Crippen molar-refractivity contribution >= 4 is 64.0 Å². The third-order valence-electron chi connectivity index (χ3n) is 9.84. The fourth-order valence-electron chi connectivity index (χ4n) is 6.09. The Kier molecular flexibility index (Phi) is 19.9. The van der Waals surface area contributed by atoms with Crippen LogP contribution in [0.4, 0.5) is 11.6 Å². The van der Waals surface area contributed by atoms with Crippen LogP contribution in [0.2, 0.25) is 0 Å². The maximum Gasteiger partial charge on any atom is 0.326 e. The van der Waals surface area contributed by atoms with Crippen molar-refractivity contribution in [3.8, 4) is 0 Å². The molecule has 0 fully saturated rings. The van der Waals surface area contributed by atoms with Crippen molar-refractivity contribution in [1.82, 2.24) is 35.9 Å². The highest BCUT2D eigenvalue weighted by Gasteiger charge is 2.40. The first-order chi connectivity index (χ1) is 30.6. The van der Waals surface area contributed by atoms with Gasteiger partial charge in [0.25, 0.3) is 11.5 Å². The Bertz CT molecular complexity index is 2230. The predicted molar refractivity (Wildman–Crippen MR) is 219 cm³/mol. The van der Waals surface area contributed by atoms with Gasteiger partial charge in [0, 0.05) is 30.5 Å². The number of rotatable bonds is 27. The van der Waals surface area contributed by atoms with Crippen LogP contribution >= 0.6 is 0 Å². The summed E-state index contributed by atoms with van der Waals surface area (Å²) in [6, 6.07) is -0.190. The average Bonchev–Trinajstić information content (AvgIpc) is 3.28. The molecule has 0 spiro atoms. The van der Waals surface area contributed by atoms with Gasteiger partial charge in [-0.25, -0.2) is 19.6 Å². The molecular formula is C38H51N9O18. The number of aliphatic hydroxyl groups excluding tert-OH is 8. The molecule has 1 aromatic carbocycles. The number of aliphatic carboxylic acids is 2. The quantitative estimate of drug-likeness (QED) is 0.0338. The predicted octanol–water partition coefficient (Wildman–Crippen LogP) is -5.98. The average molecular weight is 922 g/mol. The standard InChI is InChI=1S/C38H51N9O18/c1-2-22(51)26(31(58)30(57)24(53)14-49)45-25(54)10-21(37(64)65)44-34(60)19(28(55)29(56)23(52)13-48)9-18(50)7-8-20(36(62)63)43-33(59)15-3-5-16(6-4-15)40-11-17-12-41-32-27(42-17)35(61)47-38(39)46-32/h3-6,12,19-21,23-24,26,28-31,40,48-49,52-53,55-58H,2,7-11,13-14H2,1H3,(H,43,59)(H,44,60)(H,45,54)(H,62,63)(H,64,65)(H3,39,41,46,47,61)/t19-,20-,21-,23+,24+,26+,28+,29+,30+,31+/m0/s1. The topological polar surface area (TPSA) is 467 Å². The van der Waals surface area contributed by atoms with E-state index < -0.39 is 146 Å². The molecule has 0 aliphatic heterocycles. The zero-order valence-corrected chi connectivity index (χ0v) is 34.5. The summed E-state index contributed by atoms with van der Waals surface area (Å²) in [4.78, 5) is 116. The number of nitrogens with two attached hydrogens (primary N) is 1. The number of carboxylic acids is 2. The summed E-state index contributed by atoms with van der Waals surface area (Å²) >= 11 is 0. The molecule has 0 bridgehead atoms. The number of carbonyl (C=O) groups is 7. The highest BCUT2D eigenvalue weighted by molar-refractivity contribution is 5.97. The Hall–Kier alpha value is -6.59. The Labute approximate surface area is 366 Å². The number of aliphatic hydroxyl groups is 8. The summed E-state index contributed by atoms with van der Waals surface area (Å²) in [5, 5.41) is 108. The number of H-pyrrole nitrogens is 1. The lowest BCUT2D eigenvalue weighted by atomic mass is 9.88. The molecule has 2 heterocycles. The molecule has 10 atom stereocenters. The van der Waals surface area contributed by atoms with Crippen LogP contribution in [-0.4, -0.2) is 180 Å². The molecule has 27 heteroatoms. The van der Waals surface area contributed by atoms with Crippen molar-refractivity contribution in [2.24, 2.45) is 5.92 Å². The number of aromatic nitrogens is 4. The number of carbonyl (C=O) groups excluding carboxylic acids is 5. The van der Waals surface area contributed by atoms with Gasteiger partial charge in [-0.05, 0) is 30.7 Å². The maximum absolute atomic E-state index is 13.4. The number of aromatic amines is 1. The van der Waals surface area contributed by atoms with E-state index in [4.69, 9.17) is 10.8 Å². The highest BCUT2D eigenvalue weighted by Crippen LogP contribution is 2.20. The van der Waals surface area contributed by atoms with Gasteiger partial charge in [0.1, 0.15) is 54.4 Å². The molecule has 0 aliphatic rings. The Morgan fingerprint density at radius 3 is 1.94 bits per heavy atom. The molecule has 65 heavy (non-hydrogen) atoms. The van der Waals surface area contributed by atoms with Crippen LogP contribution in [-0.2, 0) is 35.3 Å². The smallest absolute Gasteiger partial charge is 0.326 e. The van der Waals surface area contributed by atoms with Gasteiger partial charge in [0.05, 0.1) is 50.1 Å². The van der Waals surface area contributed by atoms with Crippen LogP contribution in [0.5, 0.6) is 0 Å². The van der Waals surface area contributed by atoms with Crippen molar-refractivity contribution in [1.29, 1.82) is 0 Å². The van der Waals surface area contributed by atoms with Gasteiger partial charge in [0.15, 0.2) is 16.9 Å². The summed E-state index contributed by atoms with van der Waals surface area (Å²) in [7, 11) is 0. The highest BCUT2D eigenvalue weighted by atomic mass is 16.4. The van der Waals surface area contributed by atoms with Crippen LogP contribution < -0.4 is 32.6 Å². The summed E-state index contributed by atoms with van der Waals surface area (Å²) < 4.78 is 0. The third-order valence-corrected chi connectivity index (χ3v) is 9.84. The van der Waals surface area contributed by atoms with E-state index in [1.165, 1.54) is 37.4 Å². The summed E-state index contributed by atoms with van der Waals surface area (Å²) in [6.07, 6.45) is -15.6. The Morgan fingerprint density at radius 2 is 1.37 bits per heavy atom. The van der Waals surface area contributed by atoms with Crippen LogP contribution in [0.25, 0.3) is 11.2 Å². The number of carboxylic acid groups (broad SMARTS) is 2. The molecule has 0 unspecified atom stereocenters. The molecule has 3 amide bonds. The minimum atomic E-state index is -2.39. The molecule has 3 aromatic rings. The van der Waals surface area contributed by atoms with Gasteiger partial charge in [-0.15, -0.1) is 0 Å². The second kappa shape index (κ2) is 24.5. The fraction of sp³-hybridized carbons (Fsp3) is 0.500. The van der Waals surface area contributed by atoms with Crippen LogP contribution in [0.15, 0.2) is 35.3 Å². The number of hydrogen-bond acceptors (Lipinski definition) is 21. The van der Waals surface area contributed by atoms with E-state index in [1.54, 1.807) is 0 Å². The second-order valence-corrected chi connectivity index (χ2v) is 14.6. The monoisotopic (exact) mass is 921 g/mol. The first-order valence-corrected chi connectivity index (χ1v) is 19.7. The number of ketones is 2. The number of hydrogen-bond donors (Lipinski definition) is 16. The normalized spacial score (nSPS) is 16.0. The van der Waals surface area contributed by atoms with E-state index in [1.807, 2.05) is 10.6 Å². The number of benzene rings is 1. The molecule has 356 valence electrons. The minimum absolute atomic E-state index is 0.00600. The van der Waals surface area contributed by atoms with Gasteiger partial charge >= 0.3 is 11.9 Å². The molecule has 27 nitrogen and oxygen atoms in total. The van der Waals surface area contributed by atoms with Crippen LogP contribution in [0, 0.1) is 5.92 Å². The third kappa shape index (κ3) is 15.0. The second-order valence-electron chi connectivity index (χ2n) is 14.6. The molecule has 0 radical (unpaired) electrons. The van der Waals surface area contributed by atoms with Gasteiger partial charge in [-0.2, -0.15) is 4.98 Å². The number of nitrogen functional groups attached to an aromatic ring is 1. The van der Waals surface area contributed by atoms with Crippen LogP contribution in [0.1, 0.15) is 55.1 Å². The van der Waals surface area contributed by atoms with E-state index in [0.29, 0.717) is 11.4 Å². The van der Waals surface area contributed by atoms with Crippen molar-refractivity contribution < 1.29 is 84.6 Å². The molecule has 0 saturated carbocycles. The number of anilines is 2. The molecular weight excluding hydrogens is 870 g/mol. The Balaban J connectivity index is 1.68. The van der Waals surface area contributed by atoms with Gasteiger partial charge in [-0.1, -0.05) is 6.92 Å². The lowest BCUT2D eigenvalue weighted by Crippen LogP contribution is -2.57. The maximum atomic E-state index is 13.4. The van der Waals surface area contributed by atoms with Gasteiger partial charge in [0.2, 0.25) is 17.8 Å². The van der Waals surface area contributed by atoms with E-state index in [9.17, 15) is 84.3 Å². The molecule has 3 rings (SSSR count). The van der Waals surface area contributed by atoms with E-state index in [0.717, 1.165) is 0 Å². The number of nitrogens with zero attached hydrogens (tertiary/aromatic N) is 3. The van der Waals surface area contributed by atoms with Crippen molar-refractivity contribution in [2.75, 3.05) is 24.3 Å². The molecule has 0 aliphatic carbocycles. The zero-order chi connectivity index (χ0) is 48.7. The van der Waals surface area contributed by atoms with Crippen molar-refractivity contribution in [3.63, 3.8) is 0 Å². The van der Waals surface area contributed by atoms with E-state index >= 15 is 0 Å². The number of nitrogens with one attached hydrogen (secondary N) is 5. The molecule has 2 aromatic heterocycles. The van der Waals surface area contributed by atoms with Gasteiger partial charge in [-0.3, -0.25) is 33.8 Å². The first-order valence-electron chi connectivity index (χ1n) is 19.7. The largest absolute Gasteiger partial charge is 0.480 e. The Morgan fingerprint density at radius 1 is 0.769 bits per heavy atom. The number of amides is 3. The van der Waals surface area contributed by atoms with E-state index in [-0.39, 0.29) is 35.6 Å². The fourth-order valence-corrected chi connectivity index (χ4v) is 6.09.